The minimum atomic E-state index is 0.00722. The summed E-state index contributed by atoms with van der Waals surface area (Å²) in [5.41, 5.74) is 8.03. The van der Waals surface area contributed by atoms with E-state index in [1.54, 1.807) is 12.1 Å². The highest BCUT2D eigenvalue weighted by molar-refractivity contribution is 5.96. The van der Waals surface area contributed by atoms with E-state index in [-0.39, 0.29) is 11.9 Å². The Hall–Kier alpha value is -1.55. The van der Waals surface area contributed by atoms with Crippen LogP contribution in [0.3, 0.4) is 0 Å². The van der Waals surface area contributed by atoms with E-state index in [4.69, 9.17) is 5.73 Å². The highest BCUT2D eigenvalue weighted by atomic mass is 16.1. The van der Waals surface area contributed by atoms with E-state index in [0.717, 1.165) is 37.1 Å². The first-order valence-electron chi connectivity index (χ1n) is 6.42. The normalized spacial score (nSPS) is 20.7. The van der Waals surface area contributed by atoms with Gasteiger partial charge in [0.1, 0.15) is 0 Å². The number of amides is 1. The number of benzene rings is 1. The van der Waals surface area contributed by atoms with Crippen LogP contribution in [0.5, 0.6) is 0 Å². The maximum Gasteiger partial charge on any atom is 0.251 e. The number of hydrogen-bond acceptors (Lipinski definition) is 3. The van der Waals surface area contributed by atoms with Crippen molar-refractivity contribution in [1.29, 1.82) is 0 Å². The molecule has 0 radical (unpaired) electrons. The van der Waals surface area contributed by atoms with Crippen molar-refractivity contribution in [2.24, 2.45) is 0 Å². The number of aryl methyl sites for hydroxylation is 1. The molecule has 1 atom stereocenters. The Bertz CT molecular complexity index is 445. The lowest BCUT2D eigenvalue weighted by molar-refractivity contribution is 0.0912. The van der Waals surface area contributed by atoms with Gasteiger partial charge in [0.05, 0.1) is 0 Å². The van der Waals surface area contributed by atoms with Crippen LogP contribution >= 0.6 is 0 Å². The van der Waals surface area contributed by atoms with E-state index in [9.17, 15) is 4.79 Å². The van der Waals surface area contributed by atoms with Gasteiger partial charge in [-0.15, -0.1) is 0 Å². The number of hydrogen-bond donors (Lipinski definition) is 2. The molecule has 1 amide bonds. The third-order valence-electron chi connectivity index (χ3n) is 3.45. The molecule has 0 saturated carbocycles. The minimum absolute atomic E-state index is 0.00722. The fraction of sp³-hybridized carbons (Fsp3) is 0.500. The molecule has 4 heteroatoms. The second kappa shape index (κ2) is 5.40. The van der Waals surface area contributed by atoms with Crippen LogP contribution in [0.1, 0.15) is 28.8 Å². The number of piperidine rings is 1. The van der Waals surface area contributed by atoms with Crippen molar-refractivity contribution in [1.82, 2.24) is 10.2 Å². The maximum atomic E-state index is 12.2. The maximum absolute atomic E-state index is 12.2. The predicted octanol–water partition coefficient (Wildman–Crippen LogP) is 1.40. The molecular formula is C14H21N3O. The van der Waals surface area contributed by atoms with Gasteiger partial charge in [0, 0.05) is 23.8 Å². The van der Waals surface area contributed by atoms with Crippen molar-refractivity contribution in [3.05, 3.63) is 29.3 Å². The van der Waals surface area contributed by atoms with Crippen molar-refractivity contribution in [2.75, 3.05) is 25.9 Å². The zero-order valence-corrected chi connectivity index (χ0v) is 11.1. The Labute approximate surface area is 108 Å². The SMILES string of the molecule is Cc1cc(N)ccc1C(=O)NC1CCCN(C)C1. The van der Waals surface area contributed by atoms with E-state index >= 15 is 0 Å². The standard InChI is InChI=1S/C14H21N3O/c1-10-8-11(15)5-6-13(10)14(18)16-12-4-3-7-17(2)9-12/h5-6,8,12H,3-4,7,9,15H2,1-2H3,(H,16,18). The monoisotopic (exact) mass is 247 g/mol. The number of likely N-dealkylation sites (tertiary alicyclic amines) is 1. The number of nitrogens with one attached hydrogen (secondary N) is 1. The predicted molar refractivity (Wildman–Crippen MR) is 73.6 cm³/mol. The van der Waals surface area contributed by atoms with Crippen LogP contribution in [0.2, 0.25) is 0 Å². The number of nitrogens with zero attached hydrogens (tertiary/aromatic N) is 1. The lowest BCUT2D eigenvalue weighted by Gasteiger charge is -2.30. The molecule has 1 unspecified atom stereocenters. The molecule has 0 aromatic heterocycles. The fourth-order valence-corrected chi connectivity index (χ4v) is 2.49. The smallest absolute Gasteiger partial charge is 0.251 e. The largest absolute Gasteiger partial charge is 0.399 e. The van der Waals surface area contributed by atoms with E-state index in [0.29, 0.717) is 5.69 Å². The van der Waals surface area contributed by atoms with Gasteiger partial charge in [0.15, 0.2) is 0 Å². The minimum Gasteiger partial charge on any atom is -0.399 e. The van der Waals surface area contributed by atoms with Gasteiger partial charge in [-0.2, -0.15) is 0 Å². The van der Waals surface area contributed by atoms with Gasteiger partial charge in [-0.3, -0.25) is 4.79 Å². The van der Waals surface area contributed by atoms with Gasteiger partial charge in [0.2, 0.25) is 0 Å². The van der Waals surface area contributed by atoms with Crippen molar-refractivity contribution in [2.45, 2.75) is 25.8 Å². The molecule has 1 saturated heterocycles. The number of nitrogens with two attached hydrogens (primary N) is 1. The molecule has 0 spiro atoms. The van der Waals surface area contributed by atoms with Crippen LogP contribution in [0.25, 0.3) is 0 Å². The van der Waals surface area contributed by atoms with Crippen molar-refractivity contribution >= 4 is 11.6 Å². The number of likely N-dealkylation sites (N-methyl/N-ethyl adjacent to an activating group) is 1. The van der Waals surface area contributed by atoms with Crippen LogP contribution in [0.4, 0.5) is 5.69 Å². The highest BCUT2D eigenvalue weighted by Gasteiger charge is 2.20. The lowest BCUT2D eigenvalue weighted by atomic mass is 10.0. The van der Waals surface area contributed by atoms with Crippen LogP contribution in [0, 0.1) is 6.92 Å². The Kier molecular flexibility index (Phi) is 3.87. The summed E-state index contributed by atoms with van der Waals surface area (Å²) in [6, 6.07) is 5.66. The fourth-order valence-electron chi connectivity index (χ4n) is 2.49. The second-order valence-corrected chi connectivity index (χ2v) is 5.15. The summed E-state index contributed by atoms with van der Waals surface area (Å²) in [6.45, 7) is 3.96. The Morgan fingerprint density at radius 2 is 2.28 bits per heavy atom. The van der Waals surface area contributed by atoms with Crippen LogP contribution in [0.15, 0.2) is 18.2 Å². The molecule has 1 aromatic carbocycles. The molecule has 3 N–H and O–H groups in total. The Morgan fingerprint density at radius 3 is 2.94 bits per heavy atom. The molecule has 4 nitrogen and oxygen atoms in total. The molecule has 2 rings (SSSR count). The molecule has 1 aliphatic heterocycles. The van der Waals surface area contributed by atoms with Gasteiger partial charge in [-0.05, 0) is 57.1 Å². The highest BCUT2D eigenvalue weighted by Crippen LogP contribution is 2.14. The average Bonchev–Trinajstić information content (AvgIpc) is 2.28. The summed E-state index contributed by atoms with van der Waals surface area (Å²) in [6.07, 6.45) is 2.20. The third kappa shape index (κ3) is 3.01. The topological polar surface area (TPSA) is 58.4 Å². The second-order valence-electron chi connectivity index (χ2n) is 5.15. The number of carbonyl (C=O) groups excluding carboxylic acids is 1. The van der Waals surface area contributed by atoms with Gasteiger partial charge in [-0.1, -0.05) is 0 Å². The Morgan fingerprint density at radius 1 is 1.50 bits per heavy atom. The first-order chi connectivity index (χ1) is 8.56. The first kappa shape index (κ1) is 12.9. The summed E-state index contributed by atoms with van der Waals surface area (Å²) in [7, 11) is 2.09. The van der Waals surface area contributed by atoms with Gasteiger partial charge < -0.3 is 16.0 Å². The molecular weight excluding hydrogens is 226 g/mol. The molecule has 0 bridgehead atoms. The van der Waals surface area contributed by atoms with E-state index in [1.807, 2.05) is 13.0 Å². The molecule has 98 valence electrons. The van der Waals surface area contributed by atoms with Crippen molar-refractivity contribution < 1.29 is 4.79 Å². The quantitative estimate of drug-likeness (QED) is 0.777. The summed E-state index contributed by atoms with van der Waals surface area (Å²) >= 11 is 0. The third-order valence-corrected chi connectivity index (χ3v) is 3.45. The van der Waals surface area contributed by atoms with Crippen molar-refractivity contribution in [3.8, 4) is 0 Å². The average molecular weight is 247 g/mol. The Balaban J connectivity index is 2.03. The van der Waals surface area contributed by atoms with E-state index in [1.165, 1.54) is 0 Å². The lowest BCUT2D eigenvalue weighted by Crippen LogP contribution is -2.46. The molecule has 0 aliphatic carbocycles. The van der Waals surface area contributed by atoms with Gasteiger partial charge in [-0.25, -0.2) is 0 Å². The molecule has 1 fully saturated rings. The zero-order chi connectivity index (χ0) is 13.1. The molecule has 1 heterocycles. The summed E-state index contributed by atoms with van der Waals surface area (Å²) in [5.74, 6) is 0.00722. The van der Waals surface area contributed by atoms with Gasteiger partial charge >= 0.3 is 0 Å². The number of carbonyl (C=O) groups is 1. The zero-order valence-electron chi connectivity index (χ0n) is 11.1. The van der Waals surface area contributed by atoms with Crippen molar-refractivity contribution in [3.63, 3.8) is 0 Å². The van der Waals surface area contributed by atoms with Crippen LogP contribution < -0.4 is 11.1 Å². The summed E-state index contributed by atoms with van der Waals surface area (Å²) in [4.78, 5) is 14.4. The molecule has 1 aromatic rings. The van der Waals surface area contributed by atoms with Crippen LogP contribution in [-0.2, 0) is 0 Å². The summed E-state index contributed by atoms with van der Waals surface area (Å²) in [5, 5.41) is 3.10. The number of rotatable bonds is 2. The number of anilines is 1. The number of nitrogen functional groups attached to an aromatic ring is 1. The van der Waals surface area contributed by atoms with Gasteiger partial charge in [0.25, 0.3) is 5.91 Å². The van der Waals surface area contributed by atoms with Crippen LogP contribution in [-0.4, -0.2) is 37.0 Å². The molecule has 18 heavy (non-hydrogen) atoms. The van der Waals surface area contributed by atoms with E-state index in [2.05, 4.69) is 17.3 Å². The molecule has 1 aliphatic rings. The first-order valence-corrected chi connectivity index (χ1v) is 6.42. The van der Waals surface area contributed by atoms with E-state index < -0.39 is 0 Å². The summed E-state index contributed by atoms with van der Waals surface area (Å²) < 4.78 is 0.